The Morgan fingerprint density at radius 1 is 1.12 bits per heavy atom. The average Bonchev–Trinajstić information content (AvgIpc) is 3.16. The van der Waals surface area contributed by atoms with Crippen LogP contribution in [0.4, 0.5) is 18.9 Å². The molecule has 176 valence electrons. The third-order valence-electron chi connectivity index (χ3n) is 4.63. The largest absolute Gasteiger partial charge is 0.416 e. The molecule has 1 aromatic heterocycles. The Hall–Kier alpha value is -2.17. The molecule has 0 saturated carbocycles. The molecule has 1 heterocycles. The van der Waals surface area contributed by atoms with Crippen molar-refractivity contribution >= 4 is 46.7 Å². The summed E-state index contributed by atoms with van der Waals surface area (Å²) >= 11 is 8.83. The van der Waals surface area contributed by atoms with Crippen LogP contribution >= 0.6 is 35.1 Å². The van der Waals surface area contributed by atoms with E-state index in [2.05, 4.69) is 39.8 Å². The highest BCUT2D eigenvalue weighted by Crippen LogP contribution is 2.34. The van der Waals surface area contributed by atoms with Gasteiger partial charge in [0.05, 0.1) is 27.8 Å². The third kappa shape index (κ3) is 7.15. The van der Waals surface area contributed by atoms with Crippen LogP contribution in [0.2, 0.25) is 5.02 Å². The van der Waals surface area contributed by atoms with Crippen LogP contribution in [-0.4, -0.2) is 26.4 Å². The zero-order valence-electron chi connectivity index (χ0n) is 17.9. The van der Waals surface area contributed by atoms with E-state index in [-0.39, 0.29) is 16.5 Å². The molecule has 0 spiro atoms. The van der Waals surface area contributed by atoms with E-state index in [1.165, 1.54) is 22.9 Å². The predicted molar refractivity (Wildman–Crippen MR) is 128 cm³/mol. The van der Waals surface area contributed by atoms with Gasteiger partial charge in [-0.25, -0.2) is 0 Å². The van der Waals surface area contributed by atoms with E-state index < -0.39 is 17.6 Å². The van der Waals surface area contributed by atoms with Crippen molar-refractivity contribution in [2.24, 2.45) is 0 Å². The van der Waals surface area contributed by atoms with Gasteiger partial charge in [0.2, 0.25) is 5.91 Å². The number of amides is 1. The summed E-state index contributed by atoms with van der Waals surface area (Å²) in [5, 5.41) is 11.5. The van der Waals surface area contributed by atoms with Crippen LogP contribution in [0.5, 0.6) is 0 Å². The summed E-state index contributed by atoms with van der Waals surface area (Å²) < 4.78 is 40.7. The molecule has 3 aromatic rings. The summed E-state index contributed by atoms with van der Waals surface area (Å²) in [4.78, 5) is 12.3. The number of benzene rings is 2. The van der Waals surface area contributed by atoms with Crippen molar-refractivity contribution in [3.8, 4) is 0 Å². The number of aryl methyl sites for hydroxylation is 1. The SMILES string of the molecule is CCn1c(CSCc2ccc(C)cc2)nnc1SCC(=O)Nc1cc(C(F)(F)F)ccc1Cl. The summed E-state index contributed by atoms with van der Waals surface area (Å²) in [5.74, 6) is 1.79. The lowest BCUT2D eigenvalue weighted by Crippen LogP contribution is -2.16. The monoisotopic (exact) mass is 514 g/mol. The molecule has 0 bridgehead atoms. The fraction of sp³-hybridized carbons (Fsp3) is 0.318. The van der Waals surface area contributed by atoms with E-state index in [0.29, 0.717) is 17.5 Å². The summed E-state index contributed by atoms with van der Waals surface area (Å²) in [6.45, 7) is 4.65. The zero-order chi connectivity index (χ0) is 24.0. The van der Waals surface area contributed by atoms with Gasteiger partial charge in [-0.05, 0) is 37.6 Å². The minimum Gasteiger partial charge on any atom is -0.324 e. The first kappa shape index (κ1) is 25.5. The van der Waals surface area contributed by atoms with Gasteiger partial charge in [0.25, 0.3) is 0 Å². The molecule has 2 aromatic carbocycles. The number of nitrogens with zero attached hydrogens (tertiary/aromatic N) is 3. The Kier molecular flexibility index (Phi) is 8.72. The van der Waals surface area contributed by atoms with E-state index in [4.69, 9.17) is 11.6 Å². The highest BCUT2D eigenvalue weighted by molar-refractivity contribution is 7.99. The number of nitrogens with one attached hydrogen (secondary N) is 1. The van der Waals surface area contributed by atoms with Crippen LogP contribution in [0.1, 0.15) is 29.4 Å². The predicted octanol–water partition coefficient (Wildman–Crippen LogP) is 6.44. The lowest BCUT2D eigenvalue weighted by atomic mass is 10.2. The summed E-state index contributed by atoms with van der Waals surface area (Å²) in [5.41, 5.74) is 1.48. The second-order valence-electron chi connectivity index (χ2n) is 7.15. The minimum absolute atomic E-state index is 0.0333. The number of carbonyl (C=O) groups excluding carboxylic acids is 1. The van der Waals surface area contributed by atoms with Crippen molar-refractivity contribution in [2.45, 2.75) is 43.2 Å². The van der Waals surface area contributed by atoms with Gasteiger partial charge in [-0.3, -0.25) is 4.79 Å². The first-order valence-corrected chi connectivity index (χ1v) is 12.5. The van der Waals surface area contributed by atoms with Crippen molar-refractivity contribution < 1.29 is 18.0 Å². The lowest BCUT2D eigenvalue weighted by molar-refractivity contribution is -0.137. The number of alkyl halides is 3. The smallest absolute Gasteiger partial charge is 0.324 e. The topological polar surface area (TPSA) is 59.8 Å². The van der Waals surface area contributed by atoms with Gasteiger partial charge in [0.15, 0.2) is 5.16 Å². The molecular weight excluding hydrogens is 493 g/mol. The molecule has 3 rings (SSSR count). The summed E-state index contributed by atoms with van der Waals surface area (Å²) in [6, 6.07) is 11.2. The first-order valence-electron chi connectivity index (χ1n) is 10.0. The molecule has 1 N–H and O–H groups in total. The van der Waals surface area contributed by atoms with Crippen LogP contribution in [0.15, 0.2) is 47.6 Å². The van der Waals surface area contributed by atoms with Gasteiger partial charge in [0.1, 0.15) is 5.82 Å². The summed E-state index contributed by atoms with van der Waals surface area (Å²) in [7, 11) is 0. The second-order valence-corrected chi connectivity index (χ2v) is 9.49. The standard InChI is InChI=1S/C22H22ClF3N4OS2/c1-3-30-19(12-32-11-15-6-4-14(2)5-7-15)28-29-21(30)33-13-20(31)27-18-10-16(22(24,25)26)8-9-17(18)23/h4-10H,3,11-13H2,1-2H3,(H,27,31). The molecule has 0 saturated heterocycles. The third-order valence-corrected chi connectivity index (χ3v) is 6.93. The van der Waals surface area contributed by atoms with E-state index in [1.54, 1.807) is 11.8 Å². The average molecular weight is 515 g/mol. The molecule has 5 nitrogen and oxygen atoms in total. The molecular formula is C22H22ClF3N4OS2. The zero-order valence-corrected chi connectivity index (χ0v) is 20.3. The molecule has 0 fully saturated rings. The molecule has 1 amide bonds. The van der Waals surface area contributed by atoms with Crippen LogP contribution in [0.3, 0.4) is 0 Å². The van der Waals surface area contributed by atoms with Crippen molar-refractivity contribution in [1.29, 1.82) is 0 Å². The molecule has 0 atom stereocenters. The highest BCUT2D eigenvalue weighted by Gasteiger charge is 2.31. The van der Waals surface area contributed by atoms with Crippen molar-refractivity contribution in [2.75, 3.05) is 11.1 Å². The van der Waals surface area contributed by atoms with E-state index in [1.807, 2.05) is 18.4 Å². The van der Waals surface area contributed by atoms with Gasteiger partial charge in [-0.1, -0.05) is 53.2 Å². The lowest BCUT2D eigenvalue weighted by Gasteiger charge is -2.12. The van der Waals surface area contributed by atoms with Crippen LogP contribution < -0.4 is 5.32 Å². The fourth-order valence-corrected chi connectivity index (χ4v) is 4.82. The number of thioether (sulfide) groups is 2. The van der Waals surface area contributed by atoms with E-state index in [9.17, 15) is 18.0 Å². The van der Waals surface area contributed by atoms with Crippen LogP contribution in [0, 0.1) is 6.92 Å². The molecule has 0 radical (unpaired) electrons. The molecule has 11 heteroatoms. The molecule has 0 aliphatic carbocycles. The minimum atomic E-state index is -4.52. The normalized spacial score (nSPS) is 11.6. The Labute approximate surface area is 203 Å². The van der Waals surface area contributed by atoms with Crippen LogP contribution in [-0.2, 0) is 29.0 Å². The second kappa shape index (κ2) is 11.3. The summed E-state index contributed by atoms with van der Waals surface area (Å²) in [6.07, 6.45) is -4.52. The van der Waals surface area contributed by atoms with Crippen molar-refractivity contribution in [1.82, 2.24) is 14.8 Å². The van der Waals surface area contributed by atoms with Gasteiger partial charge in [-0.15, -0.1) is 22.0 Å². The fourth-order valence-electron chi connectivity index (χ4n) is 2.91. The Morgan fingerprint density at radius 2 is 1.85 bits per heavy atom. The van der Waals surface area contributed by atoms with Gasteiger partial charge in [0, 0.05) is 12.3 Å². The van der Waals surface area contributed by atoms with Gasteiger partial charge < -0.3 is 9.88 Å². The highest BCUT2D eigenvalue weighted by atomic mass is 35.5. The number of rotatable bonds is 9. The van der Waals surface area contributed by atoms with Gasteiger partial charge >= 0.3 is 6.18 Å². The van der Waals surface area contributed by atoms with Crippen LogP contribution in [0.25, 0.3) is 0 Å². The molecule has 33 heavy (non-hydrogen) atoms. The Morgan fingerprint density at radius 3 is 2.52 bits per heavy atom. The number of aromatic nitrogens is 3. The molecule has 0 aliphatic rings. The number of halogens is 4. The molecule has 0 unspecified atom stereocenters. The maximum absolute atomic E-state index is 12.9. The molecule has 0 aliphatic heterocycles. The maximum atomic E-state index is 12.9. The number of carbonyl (C=O) groups is 1. The maximum Gasteiger partial charge on any atom is 0.416 e. The van der Waals surface area contributed by atoms with Crippen molar-refractivity contribution in [3.63, 3.8) is 0 Å². The Balaban J connectivity index is 1.56. The first-order chi connectivity index (χ1) is 15.7. The Bertz CT molecular complexity index is 1100. The van der Waals surface area contributed by atoms with Gasteiger partial charge in [-0.2, -0.15) is 13.2 Å². The van der Waals surface area contributed by atoms with Crippen molar-refractivity contribution in [3.05, 3.63) is 70.0 Å². The number of hydrogen-bond acceptors (Lipinski definition) is 5. The quantitative estimate of drug-likeness (QED) is 0.333. The number of hydrogen-bond donors (Lipinski definition) is 1. The number of anilines is 1. The van der Waals surface area contributed by atoms with E-state index in [0.717, 1.165) is 29.8 Å². The van der Waals surface area contributed by atoms with E-state index >= 15 is 0 Å².